The molecule has 25 heavy (non-hydrogen) atoms. The minimum atomic E-state index is -0.179. The molecule has 0 spiro atoms. The second kappa shape index (κ2) is 8.30. The van der Waals surface area contributed by atoms with Gasteiger partial charge in [-0.3, -0.25) is 14.5 Å². The SMILES string of the molecule is NC(=O)C1CCN(Cc2cccc(NC(=O)CC3C=CCC3)c2)CC1. The van der Waals surface area contributed by atoms with Gasteiger partial charge in [-0.1, -0.05) is 24.3 Å². The lowest BCUT2D eigenvalue weighted by molar-refractivity contribution is -0.123. The van der Waals surface area contributed by atoms with Gasteiger partial charge < -0.3 is 11.1 Å². The molecule has 1 aliphatic heterocycles. The summed E-state index contributed by atoms with van der Waals surface area (Å²) in [6.45, 7) is 2.61. The summed E-state index contributed by atoms with van der Waals surface area (Å²) in [4.78, 5) is 25.8. The average molecular weight is 341 g/mol. The van der Waals surface area contributed by atoms with Crippen LogP contribution in [0.1, 0.15) is 37.7 Å². The Balaban J connectivity index is 1.50. The van der Waals surface area contributed by atoms with Crippen LogP contribution in [-0.2, 0) is 16.1 Å². The first-order valence-corrected chi connectivity index (χ1v) is 9.17. The van der Waals surface area contributed by atoms with Crippen LogP contribution < -0.4 is 11.1 Å². The second-order valence-electron chi connectivity index (χ2n) is 7.17. The van der Waals surface area contributed by atoms with Crippen molar-refractivity contribution in [2.75, 3.05) is 18.4 Å². The average Bonchev–Trinajstić information content (AvgIpc) is 3.08. The molecule has 3 rings (SSSR count). The van der Waals surface area contributed by atoms with Gasteiger partial charge in [-0.25, -0.2) is 0 Å². The Kier molecular flexibility index (Phi) is 5.87. The van der Waals surface area contributed by atoms with Crippen molar-refractivity contribution in [1.82, 2.24) is 4.90 Å². The zero-order valence-corrected chi connectivity index (χ0v) is 14.6. The highest BCUT2D eigenvalue weighted by Gasteiger charge is 2.23. The lowest BCUT2D eigenvalue weighted by atomic mass is 9.96. The van der Waals surface area contributed by atoms with Gasteiger partial charge in [0.15, 0.2) is 0 Å². The number of nitrogens with two attached hydrogens (primary N) is 1. The van der Waals surface area contributed by atoms with Gasteiger partial charge in [0.25, 0.3) is 0 Å². The number of amides is 2. The maximum absolute atomic E-state index is 12.2. The molecule has 5 nitrogen and oxygen atoms in total. The molecule has 0 aromatic heterocycles. The Morgan fingerprint density at radius 1 is 1.20 bits per heavy atom. The molecule has 1 atom stereocenters. The maximum Gasteiger partial charge on any atom is 0.224 e. The van der Waals surface area contributed by atoms with E-state index in [1.165, 1.54) is 5.56 Å². The van der Waals surface area contributed by atoms with E-state index in [0.29, 0.717) is 12.3 Å². The minimum Gasteiger partial charge on any atom is -0.369 e. The zero-order valence-electron chi connectivity index (χ0n) is 14.6. The third-order valence-electron chi connectivity index (χ3n) is 5.17. The highest BCUT2D eigenvalue weighted by atomic mass is 16.2. The molecule has 134 valence electrons. The normalized spacial score (nSPS) is 21.4. The van der Waals surface area contributed by atoms with E-state index in [2.05, 4.69) is 28.4 Å². The van der Waals surface area contributed by atoms with Crippen molar-refractivity contribution in [1.29, 1.82) is 0 Å². The van der Waals surface area contributed by atoms with Crippen molar-refractivity contribution in [2.24, 2.45) is 17.6 Å². The molecular formula is C20H27N3O2. The predicted molar refractivity (Wildman–Crippen MR) is 98.7 cm³/mol. The van der Waals surface area contributed by atoms with E-state index < -0.39 is 0 Å². The van der Waals surface area contributed by atoms with Gasteiger partial charge in [0, 0.05) is 24.6 Å². The number of nitrogens with one attached hydrogen (secondary N) is 1. The third-order valence-corrected chi connectivity index (χ3v) is 5.17. The van der Waals surface area contributed by atoms with Crippen LogP contribution >= 0.6 is 0 Å². The molecule has 1 saturated heterocycles. The first kappa shape index (κ1) is 17.7. The molecule has 1 aliphatic carbocycles. The van der Waals surface area contributed by atoms with Crippen LogP contribution in [0, 0.1) is 11.8 Å². The summed E-state index contributed by atoms with van der Waals surface area (Å²) in [5.41, 5.74) is 7.42. The van der Waals surface area contributed by atoms with Crippen LogP contribution in [0.4, 0.5) is 5.69 Å². The molecule has 0 saturated carbocycles. The van der Waals surface area contributed by atoms with Crippen molar-refractivity contribution in [2.45, 2.75) is 38.6 Å². The molecule has 2 aliphatic rings. The van der Waals surface area contributed by atoms with Crippen LogP contribution in [-0.4, -0.2) is 29.8 Å². The van der Waals surface area contributed by atoms with Crippen molar-refractivity contribution in [3.8, 4) is 0 Å². The number of hydrogen-bond donors (Lipinski definition) is 2. The summed E-state index contributed by atoms with van der Waals surface area (Å²) < 4.78 is 0. The van der Waals surface area contributed by atoms with Crippen molar-refractivity contribution >= 4 is 17.5 Å². The van der Waals surface area contributed by atoms with Gasteiger partial charge >= 0.3 is 0 Å². The summed E-state index contributed by atoms with van der Waals surface area (Å²) in [5, 5.41) is 3.02. The van der Waals surface area contributed by atoms with E-state index in [0.717, 1.165) is 51.0 Å². The molecular weight excluding hydrogens is 314 g/mol. The van der Waals surface area contributed by atoms with Crippen LogP contribution in [0.25, 0.3) is 0 Å². The van der Waals surface area contributed by atoms with Gasteiger partial charge in [-0.2, -0.15) is 0 Å². The summed E-state index contributed by atoms with van der Waals surface area (Å²) in [5.74, 6) is 0.304. The summed E-state index contributed by atoms with van der Waals surface area (Å²) >= 11 is 0. The number of nitrogens with zero attached hydrogens (tertiary/aromatic N) is 1. The van der Waals surface area contributed by atoms with Crippen LogP contribution in [0.15, 0.2) is 36.4 Å². The second-order valence-corrected chi connectivity index (χ2v) is 7.17. The third kappa shape index (κ3) is 5.16. The largest absolute Gasteiger partial charge is 0.369 e. The van der Waals surface area contributed by atoms with Gasteiger partial charge in [-0.15, -0.1) is 0 Å². The smallest absolute Gasteiger partial charge is 0.224 e. The van der Waals surface area contributed by atoms with Gasteiger partial charge in [0.1, 0.15) is 0 Å². The topological polar surface area (TPSA) is 75.4 Å². The predicted octanol–water partition coefficient (Wildman–Crippen LogP) is 2.68. The number of carbonyl (C=O) groups excluding carboxylic acids is 2. The minimum absolute atomic E-state index is 0.0199. The van der Waals surface area contributed by atoms with E-state index in [4.69, 9.17) is 5.73 Å². The monoisotopic (exact) mass is 341 g/mol. The first-order valence-electron chi connectivity index (χ1n) is 9.17. The number of allylic oxidation sites excluding steroid dienone is 2. The molecule has 1 aromatic rings. The Morgan fingerprint density at radius 3 is 2.68 bits per heavy atom. The molecule has 2 amide bonds. The lowest BCUT2D eigenvalue weighted by Gasteiger charge is -2.30. The molecule has 1 unspecified atom stereocenters. The summed E-state index contributed by atoms with van der Waals surface area (Å²) in [7, 11) is 0. The molecule has 1 fully saturated rings. The number of rotatable bonds is 6. The van der Waals surface area contributed by atoms with E-state index in [1.807, 2.05) is 18.2 Å². The number of anilines is 1. The first-order chi connectivity index (χ1) is 12.1. The van der Waals surface area contributed by atoms with Gasteiger partial charge in [0.05, 0.1) is 0 Å². The van der Waals surface area contributed by atoms with Crippen molar-refractivity contribution < 1.29 is 9.59 Å². The fourth-order valence-electron chi connectivity index (χ4n) is 3.70. The number of likely N-dealkylation sites (tertiary alicyclic amines) is 1. The molecule has 1 aromatic carbocycles. The Bertz CT molecular complexity index is 648. The van der Waals surface area contributed by atoms with Gasteiger partial charge in [-0.05, 0) is 62.4 Å². The van der Waals surface area contributed by atoms with E-state index in [-0.39, 0.29) is 17.7 Å². The van der Waals surface area contributed by atoms with E-state index >= 15 is 0 Å². The van der Waals surface area contributed by atoms with Crippen molar-refractivity contribution in [3.63, 3.8) is 0 Å². The van der Waals surface area contributed by atoms with Crippen LogP contribution in [0.3, 0.4) is 0 Å². The number of benzene rings is 1. The number of carbonyl (C=O) groups is 2. The summed E-state index contributed by atoms with van der Waals surface area (Å²) in [6, 6.07) is 8.04. The molecule has 5 heteroatoms. The maximum atomic E-state index is 12.2. The lowest BCUT2D eigenvalue weighted by Crippen LogP contribution is -2.38. The summed E-state index contributed by atoms with van der Waals surface area (Å²) in [6.07, 6.45) is 8.68. The number of piperidine rings is 1. The molecule has 3 N–H and O–H groups in total. The fourth-order valence-corrected chi connectivity index (χ4v) is 3.70. The fraction of sp³-hybridized carbons (Fsp3) is 0.500. The molecule has 1 heterocycles. The van der Waals surface area contributed by atoms with E-state index in [9.17, 15) is 9.59 Å². The Labute approximate surface area is 149 Å². The molecule has 0 radical (unpaired) electrons. The van der Waals surface area contributed by atoms with E-state index in [1.54, 1.807) is 0 Å². The van der Waals surface area contributed by atoms with Crippen LogP contribution in [0.5, 0.6) is 0 Å². The highest BCUT2D eigenvalue weighted by Crippen LogP contribution is 2.22. The Morgan fingerprint density at radius 2 is 2.00 bits per heavy atom. The zero-order chi connectivity index (χ0) is 17.6. The van der Waals surface area contributed by atoms with Gasteiger partial charge in [0.2, 0.25) is 11.8 Å². The molecule has 0 bridgehead atoms. The van der Waals surface area contributed by atoms with Crippen LogP contribution in [0.2, 0.25) is 0 Å². The Hall–Kier alpha value is -2.14. The number of hydrogen-bond acceptors (Lipinski definition) is 3. The number of primary amides is 1. The standard InChI is InChI=1S/C20H27N3O2/c21-20(25)17-8-10-23(11-9-17)14-16-6-3-7-18(12-16)22-19(24)13-15-4-1-2-5-15/h1,3-4,6-7,12,15,17H,2,5,8-11,13-14H2,(H2,21,25)(H,22,24). The quantitative estimate of drug-likeness (QED) is 0.781. The van der Waals surface area contributed by atoms with Crippen molar-refractivity contribution in [3.05, 3.63) is 42.0 Å². The highest BCUT2D eigenvalue weighted by molar-refractivity contribution is 5.91.